The van der Waals surface area contributed by atoms with Crippen LogP contribution in [0.2, 0.25) is 0 Å². The number of carbonyl (C=O) groups is 1. The van der Waals surface area contributed by atoms with Crippen molar-refractivity contribution < 1.29 is 13.9 Å². The predicted molar refractivity (Wildman–Crippen MR) is 69.1 cm³/mol. The molecule has 5 nitrogen and oxygen atoms in total. The Morgan fingerprint density at radius 2 is 2.16 bits per heavy atom. The quantitative estimate of drug-likeness (QED) is 0.632. The molecule has 0 amide bonds. The van der Waals surface area contributed by atoms with E-state index >= 15 is 0 Å². The molecule has 0 bridgehead atoms. The normalized spacial score (nSPS) is 10.5. The molecular formula is C12H12FN3O2S. The molecule has 0 fully saturated rings. The van der Waals surface area contributed by atoms with E-state index in [0.717, 1.165) is 0 Å². The fourth-order valence-electron chi connectivity index (χ4n) is 1.50. The van der Waals surface area contributed by atoms with E-state index in [-0.39, 0.29) is 17.5 Å². The van der Waals surface area contributed by atoms with Gasteiger partial charge in [0.2, 0.25) is 0 Å². The van der Waals surface area contributed by atoms with Crippen molar-refractivity contribution in [2.75, 3.05) is 12.9 Å². The molecule has 1 aromatic carbocycles. The number of carbonyl (C=O) groups excluding carboxylic acids is 1. The zero-order valence-corrected chi connectivity index (χ0v) is 11.3. The van der Waals surface area contributed by atoms with Gasteiger partial charge in [0.05, 0.1) is 18.4 Å². The van der Waals surface area contributed by atoms with Crippen molar-refractivity contribution in [2.45, 2.75) is 5.16 Å². The average molecular weight is 281 g/mol. The molecule has 19 heavy (non-hydrogen) atoms. The molecule has 0 saturated heterocycles. The molecule has 1 heterocycles. The summed E-state index contributed by atoms with van der Waals surface area (Å²) in [4.78, 5) is 11.1. The minimum atomic E-state index is -0.359. The van der Waals surface area contributed by atoms with Gasteiger partial charge in [-0.1, -0.05) is 23.9 Å². The minimum Gasteiger partial charge on any atom is -0.468 e. The Labute approximate surface area is 113 Å². The van der Waals surface area contributed by atoms with Crippen LogP contribution in [-0.4, -0.2) is 33.6 Å². The van der Waals surface area contributed by atoms with Crippen LogP contribution >= 0.6 is 11.8 Å². The third-order valence-electron chi connectivity index (χ3n) is 2.50. The summed E-state index contributed by atoms with van der Waals surface area (Å²) in [6.07, 6.45) is 0. The van der Waals surface area contributed by atoms with Crippen LogP contribution in [0.15, 0.2) is 29.4 Å². The highest BCUT2D eigenvalue weighted by Gasteiger charge is 2.15. The molecule has 0 saturated carbocycles. The second kappa shape index (κ2) is 5.83. The number of ether oxygens (including phenoxy) is 1. The Bertz CT molecular complexity index is 600. The molecule has 0 aliphatic rings. The number of thioether (sulfide) groups is 1. The fraction of sp³-hybridized carbons (Fsp3) is 0.250. The Kier molecular flexibility index (Phi) is 4.16. The second-order valence-corrected chi connectivity index (χ2v) is 4.65. The van der Waals surface area contributed by atoms with E-state index in [1.807, 2.05) is 0 Å². The average Bonchev–Trinajstić information content (AvgIpc) is 2.78. The summed E-state index contributed by atoms with van der Waals surface area (Å²) in [7, 11) is 3.05. The van der Waals surface area contributed by atoms with Crippen molar-refractivity contribution in [1.82, 2.24) is 14.8 Å². The Morgan fingerprint density at radius 3 is 2.84 bits per heavy atom. The van der Waals surface area contributed by atoms with Gasteiger partial charge >= 0.3 is 5.97 Å². The predicted octanol–water partition coefficient (Wildman–Crippen LogP) is 1.89. The van der Waals surface area contributed by atoms with E-state index in [1.165, 1.54) is 24.9 Å². The summed E-state index contributed by atoms with van der Waals surface area (Å²) in [6, 6.07) is 6.34. The lowest BCUT2D eigenvalue weighted by Gasteiger charge is -2.04. The van der Waals surface area contributed by atoms with Crippen molar-refractivity contribution >= 4 is 17.7 Å². The van der Waals surface area contributed by atoms with Gasteiger partial charge in [-0.05, 0) is 12.1 Å². The fourth-order valence-corrected chi connectivity index (χ4v) is 2.24. The number of hydrogen-bond donors (Lipinski definition) is 0. The molecule has 0 N–H and O–H groups in total. The summed E-state index contributed by atoms with van der Waals surface area (Å²) < 4.78 is 19.9. The van der Waals surface area contributed by atoms with Gasteiger partial charge in [-0.3, -0.25) is 4.79 Å². The SMILES string of the molecule is COC(=O)CSc1nnc(-c2ccccc2F)n1C. The van der Waals surface area contributed by atoms with E-state index in [0.29, 0.717) is 16.5 Å². The highest BCUT2D eigenvalue weighted by Crippen LogP contribution is 2.24. The highest BCUT2D eigenvalue weighted by atomic mass is 32.2. The maximum atomic E-state index is 13.7. The number of hydrogen-bond acceptors (Lipinski definition) is 5. The monoisotopic (exact) mass is 281 g/mol. The van der Waals surface area contributed by atoms with Gasteiger partial charge in [0.15, 0.2) is 11.0 Å². The first kappa shape index (κ1) is 13.5. The molecule has 2 rings (SSSR count). The number of nitrogens with zero attached hydrogens (tertiary/aromatic N) is 3. The Hall–Kier alpha value is -1.89. The number of rotatable bonds is 4. The molecular weight excluding hydrogens is 269 g/mol. The van der Waals surface area contributed by atoms with Crippen molar-refractivity contribution in [1.29, 1.82) is 0 Å². The first-order chi connectivity index (χ1) is 9.13. The third kappa shape index (κ3) is 2.93. The van der Waals surface area contributed by atoms with Crippen molar-refractivity contribution in [3.63, 3.8) is 0 Å². The smallest absolute Gasteiger partial charge is 0.316 e. The van der Waals surface area contributed by atoms with Crippen LogP contribution in [0.25, 0.3) is 11.4 Å². The largest absolute Gasteiger partial charge is 0.468 e. The molecule has 1 aromatic heterocycles. The van der Waals surface area contributed by atoms with Crippen LogP contribution in [0.1, 0.15) is 0 Å². The summed E-state index contributed by atoms with van der Waals surface area (Å²) in [6.45, 7) is 0. The van der Waals surface area contributed by atoms with E-state index in [4.69, 9.17) is 0 Å². The van der Waals surface area contributed by atoms with Crippen molar-refractivity contribution in [3.05, 3.63) is 30.1 Å². The van der Waals surface area contributed by atoms with Gasteiger partial charge in [0.25, 0.3) is 0 Å². The van der Waals surface area contributed by atoms with Crippen molar-refractivity contribution in [3.8, 4) is 11.4 Å². The first-order valence-electron chi connectivity index (χ1n) is 5.47. The van der Waals surface area contributed by atoms with Gasteiger partial charge in [-0.25, -0.2) is 4.39 Å². The third-order valence-corrected chi connectivity index (χ3v) is 3.49. The van der Waals surface area contributed by atoms with Crippen LogP contribution < -0.4 is 0 Å². The Balaban J connectivity index is 2.24. The van der Waals surface area contributed by atoms with Crippen LogP contribution in [0.3, 0.4) is 0 Å². The second-order valence-electron chi connectivity index (χ2n) is 3.71. The van der Waals surface area contributed by atoms with Crippen LogP contribution in [0.5, 0.6) is 0 Å². The van der Waals surface area contributed by atoms with Crippen LogP contribution in [0, 0.1) is 5.82 Å². The number of methoxy groups -OCH3 is 1. The van der Waals surface area contributed by atoms with E-state index in [2.05, 4.69) is 14.9 Å². The highest BCUT2D eigenvalue weighted by molar-refractivity contribution is 7.99. The molecule has 2 aromatic rings. The molecule has 0 spiro atoms. The van der Waals surface area contributed by atoms with Gasteiger partial charge in [-0.15, -0.1) is 10.2 Å². The maximum Gasteiger partial charge on any atom is 0.316 e. The number of aromatic nitrogens is 3. The number of esters is 1. The summed E-state index contributed by atoms with van der Waals surface area (Å²) in [5, 5.41) is 8.42. The topological polar surface area (TPSA) is 57.0 Å². The summed E-state index contributed by atoms with van der Waals surface area (Å²) in [5.41, 5.74) is 0.377. The standard InChI is InChI=1S/C12H12FN3O2S/c1-16-11(8-5-3-4-6-9(8)13)14-15-12(16)19-7-10(17)18-2/h3-6H,7H2,1-2H3. The van der Waals surface area contributed by atoms with Crippen LogP contribution in [-0.2, 0) is 16.6 Å². The lowest BCUT2D eigenvalue weighted by Crippen LogP contribution is -2.04. The number of benzene rings is 1. The lowest BCUT2D eigenvalue weighted by molar-refractivity contribution is -0.137. The molecule has 0 aliphatic heterocycles. The van der Waals surface area contributed by atoms with Crippen LogP contribution in [0.4, 0.5) is 4.39 Å². The van der Waals surface area contributed by atoms with Crippen molar-refractivity contribution in [2.24, 2.45) is 7.05 Å². The molecule has 7 heteroatoms. The van der Waals surface area contributed by atoms with Gasteiger partial charge in [0.1, 0.15) is 5.82 Å². The zero-order chi connectivity index (χ0) is 13.8. The van der Waals surface area contributed by atoms with E-state index in [9.17, 15) is 9.18 Å². The molecule has 0 unspecified atom stereocenters. The van der Waals surface area contributed by atoms with E-state index < -0.39 is 0 Å². The van der Waals surface area contributed by atoms with Gasteiger partial charge < -0.3 is 9.30 Å². The molecule has 0 aliphatic carbocycles. The van der Waals surface area contributed by atoms with Gasteiger partial charge in [0, 0.05) is 7.05 Å². The Morgan fingerprint density at radius 1 is 1.42 bits per heavy atom. The maximum absolute atomic E-state index is 13.7. The minimum absolute atomic E-state index is 0.139. The molecule has 0 radical (unpaired) electrons. The lowest BCUT2D eigenvalue weighted by atomic mass is 10.2. The summed E-state index contributed by atoms with van der Waals surface area (Å²) >= 11 is 1.19. The zero-order valence-electron chi connectivity index (χ0n) is 10.5. The van der Waals surface area contributed by atoms with E-state index in [1.54, 1.807) is 29.8 Å². The molecule has 0 atom stereocenters. The first-order valence-corrected chi connectivity index (χ1v) is 6.46. The van der Waals surface area contributed by atoms with Gasteiger partial charge in [-0.2, -0.15) is 0 Å². The number of halogens is 1. The summed E-state index contributed by atoms with van der Waals surface area (Å²) in [5.74, 6) is -0.145. The molecule has 100 valence electrons.